The van der Waals surface area contributed by atoms with Gasteiger partial charge in [0, 0.05) is 0 Å². The van der Waals surface area contributed by atoms with Gasteiger partial charge in [-0.3, -0.25) is 0 Å². The van der Waals surface area contributed by atoms with Gasteiger partial charge in [-0.1, -0.05) is 18.2 Å². The molecule has 0 amide bonds. The third-order valence-corrected chi connectivity index (χ3v) is 41.9. The Bertz CT molecular complexity index is 4160. The summed E-state index contributed by atoms with van der Waals surface area (Å²) in [4.78, 5) is 38.4. The van der Waals surface area contributed by atoms with Crippen LogP contribution in [-0.4, -0.2) is 39.9 Å². The summed E-state index contributed by atoms with van der Waals surface area (Å²) < 4.78 is 3.18. The minimum atomic E-state index is -6.77. The molecule has 8 bridgehead atoms. The van der Waals surface area contributed by atoms with Crippen molar-refractivity contribution in [3.63, 3.8) is 0 Å². The van der Waals surface area contributed by atoms with E-state index in [-0.39, 0.29) is 0 Å². The van der Waals surface area contributed by atoms with Gasteiger partial charge in [0.05, 0.1) is 0 Å². The van der Waals surface area contributed by atoms with Crippen LogP contribution < -0.4 is 20.8 Å². The molecule has 0 saturated heterocycles. The zero-order chi connectivity index (χ0) is 49.9. The zero-order valence-electron chi connectivity index (χ0n) is 37.5. The van der Waals surface area contributed by atoms with E-state index >= 15 is 0 Å². The van der Waals surface area contributed by atoms with Crippen LogP contribution in [0.1, 0.15) is 0 Å². The first-order chi connectivity index (χ1) is 35.4. The number of nitrogens with zero attached hydrogens (tertiary/aromatic N) is 6. The topological polar surface area (TPSA) is 109 Å². The monoisotopic (exact) mass is 1160 g/mol. The van der Waals surface area contributed by atoms with Crippen LogP contribution in [0.15, 0.2) is 164 Å². The number of hydrogen-bond donors (Lipinski definition) is 2. The van der Waals surface area contributed by atoms with Crippen molar-refractivity contribution in [2.45, 2.75) is 0 Å². The first-order valence-electron chi connectivity index (χ1n) is 23.1. The molecular formula is C56H29Cl8N8Zn. The number of nitrogens with one attached hydrogen (secondary N) is 2. The summed E-state index contributed by atoms with van der Waals surface area (Å²) in [6, 6.07) is 51.2. The number of aromatic nitrogens is 8. The molecule has 0 unspecified atom stereocenters. The predicted octanol–water partition coefficient (Wildman–Crippen LogP) is 14.7. The molecule has 2 N–H and O–H groups in total. The van der Waals surface area contributed by atoms with Crippen molar-refractivity contribution in [3.05, 3.63) is 204 Å². The van der Waals surface area contributed by atoms with Gasteiger partial charge in [0.2, 0.25) is 0 Å². The van der Waals surface area contributed by atoms with Crippen molar-refractivity contribution in [2.75, 3.05) is 0 Å². The van der Waals surface area contributed by atoms with Gasteiger partial charge in [-0.25, -0.2) is 0 Å². The summed E-state index contributed by atoms with van der Waals surface area (Å²) in [6.07, 6.45) is 0. The fourth-order valence-electron chi connectivity index (χ4n) is 12.6. The Morgan fingerprint density at radius 2 is 0.589 bits per heavy atom. The molecule has 0 saturated carbocycles. The molecule has 8 aromatic carbocycles. The van der Waals surface area contributed by atoms with E-state index in [1.54, 1.807) is 48.5 Å². The summed E-state index contributed by atoms with van der Waals surface area (Å²) in [6.45, 7) is 0. The second-order valence-electron chi connectivity index (χ2n) is 18.8. The molecule has 13 rings (SSSR count). The van der Waals surface area contributed by atoms with E-state index in [4.69, 9.17) is 123 Å². The summed E-state index contributed by atoms with van der Waals surface area (Å²) in [7, 11) is 0. The molecule has 5 heterocycles. The van der Waals surface area contributed by atoms with Crippen LogP contribution in [0.25, 0.3) is 89.7 Å². The summed E-state index contributed by atoms with van der Waals surface area (Å²) in [5, 5.41) is 6.05. The molecule has 17 heteroatoms. The number of fused-ring (bicyclic) bond motifs is 20. The molecule has 0 radical (unpaired) electrons. The van der Waals surface area contributed by atoms with Crippen molar-refractivity contribution in [1.82, 2.24) is 39.9 Å². The molecule has 0 aliphatic carbocycles. The maximum absolute atomic E-state index is 7.69. The number of aromatic amines is 2. The van der Waals surface area contributed by atoms with Crippen LogP contribution in [0.3, 0.4) is 0 Å². The van der Waals surface area contributed by atoms with Gasteiger partial charge in [0.1, 0.15) is 0 Å². The molecule has 0 fully saturated rings. The maximum atomic E-state index is 7.69. The van der Waals surface area contributed by atoms with E-state index in [0.717, 1.165) is 37.2 Å². The number of hydrogen-bond acceptors (Lipinski definition) is 6. The number of rotatable bonds is 5. The third kappa shape index (κ3) is 7.05. The normalized spacial score (nSPS) is 12.3. The van der Waals surface area contributed by atoms with Gasteiger partial charge in [0.15, 0.2) is 0 Å². The van der Waals surface area contributed by atoms with Crippen LogP contribution in [0.2, 0.25) is 40.2 Å². The molecule has 2 aliphatic heterocycles. The summed E-state index contributed by atoms with van der Waals surface area (Å²) in [5.41, 5.74) is 5.25. The molecule has 2 aliphatic rings. The van der Waals surface area contributed by atoms with Crippen molar-refractivity contribution in [1.29, 1.82) is 0 Å². The fourth-order valence-corrected chi connectivity index (χ4v) is 43.8. The number of H-pyrrole nitrogens is 2. The molecule has 8 nitrogen and oxygen atoms in total. The van der Waals surface area contributed by atoms with Gasteiger partial charge >= 0.3 is 443 Å². The number of benzene rings is 8. The Balaban J connectivity index is 1.27. The molecule has 11 aromatic rings. The quantitative estimate of drug-likeness (QED) is 0.166. The zero-order valence-corrected chi connectivity index (χ0v) is 46.5. The first-order valence-corrected chi connectivity index (χ1v) is 33.6. The Morgan fingerprint density at radius 1 is 0.288 bits per heavy atom. The Kier molecular flexibility index (Phi) is 11.3. The molecule has 351 valence electrons. The SMILES string of the molecule is Clc1ccc(Cl)[c]([Zn]([c]2ccc3c4nc5nc(nc6[nH]c(nc7nc(nc([nH]4)c3c2)-c2ccccc2-7)c2ccccc62)-c2ccccc2-5)([c]2cc(Cl)ccc2Cl)([c]2cc(Cl)ccc2Cl)[c]2cc(Cl)ccc2Cl)c1. The van der Waals surface area contributed by atoms with Crippen molar-refractivity contribution >= 4 is 158 Å². The van der Waals surface area contributed by atoms with Crippen molar-refractivity contribution in [3.8, 4) is 45.6 Å². The minimum absolute atomic E-state index is 0.356. The van der Waals surface area contributed by atoms with Crippen LogP contribution in [0, 0.1) is 0 Å². The second-order valence-corrected chi connectivity index (χ2v) is 37.7. The fraction of sp³-hybridized carbons (Fsp3) is 0. The Hall–Kier alpha value is -5.94. The van der Waals surface area contributed by atoms with Crippen LogP contribution in [-0.2, 0) is 13.6 Å². The molecule has 3 aromatic heterocycles. The van der Waals surface area contributed by atoms with Crippen LogP contribution >= 0.6 is 92.8 Å². The van der Waals surface area contributed by atoms with Gasteiger partial charge < -0.3 is 0 Å². The average Bonchev–Trinajstić information content (AvgIpc) is 4.16. The average molecular weight is 1160 g/mol. The van der Waals surface area contributed by atoms with E-state index in [1.165, 1.54) is 0 Å². The van der Waals surface area contributed by atoms with Crippen molar-refractivity contribution in [2.24, 2.45) is 0 Å². The molecular weight excluding hydrogens is 1130 g/mol. The van der Waals surface area contributed by atoms with Crippen molar-refractivity contribution < 1.29 is 13.6 Å². The van der Waals surface area contributed by atoms with E-state index in [9.17, 15) is 0 Å². The molecule has 73 heavy (non-hydrogen) atoms. The van der Waals surface area contributed by atoms with Gasteiger partial charge in [-0.05, 0) is 0 Å². The van der Waals surface area contributed by atoms with Gasteiger partial charge in [-0.2, -0.15) is 0 Å². The van der Waals surface area contributed by atoms with Gasteiger partial charge in [0.25, 0.3) is 0 Å². The van der Waals surface area contributed by atoms with E-state index in [2.05, 4.69) is 16.0 Å². The van der Waals surface area contributed by atoms with Gasteiger partial charge in [-0.15, -0.1) is 0 Å². The molecule has 0 spiro atoms. The Morgan fingerprint density at radius 3 is 0.932 bits per heavy atom. The number of halogens is 8. The third-order valence-electron chi connectivity index (χ3n) is 15.5. The Labute approximate surface area is 456 Å². The van der Waals surface area contributed by atoms with Crippen LogP contribution in [0.4, 0.5) is 0 Å². The van der Waals surface area contributed by atoms with E-state index in [0.29, 0.717) is 113 Å². The molecule has 0 atom stereocenters. The second kappa shape index (κ2) is 17.6. The summed E-state index contributed by atoms with van der Waals surface area (Å²) in [5.74, 6) is 1.81. The first kappa shape index (κ1) is 46.8. The van der Waals surface area contributed by atoms with Crippen LogP contribution in [0.5, 0.6) is 0 Å². The standard InChI is InChI=1S/C32H17N8.4C6H3Cl2.Zn/c1-2-10-18-17(9-1)25-33-26(18)38-28-21-13-5-6-14-22(21)30(35-28)40-32-24-16-8-7-15-23(24)31(36-32)39-29-20-12-4-3-11-19(20)27(34-29)37-25;4*7-5-1-2-6(8)4-3-5;/h1-7,9-16H,(H2,33,34,35,36,37,38,39,40);4*1-3H;. The van der Waals surface area contributed by atoms with E-state index in [1.807, 2.05) is 109 Å². The predicted molar refractivity (Wildman–Crippen MR) is 300 cm³/mol. The van der Waals surface area contributed by atoms with E-state index < -0.39 is 13.6 Å². The summed E-state index contributed by atoms with van der Waals surface area (Å²) >= 11 is 52.6.